The summed E-state index contributed by atoms with van der Waals surface area (Å²) in [5.74, 6) is 1.16. The van der Waals surface area contributed by atoms with Crippen molar-refractivity contribution in [1.82, 2.24) is 9.80 Å². The van der Waals surface area contributed by atoms with Crippen molar-refractivity contribution in [2.75, 3.05) is 51.1 Å². The highest BCUT2D eigenvalue weighted by atomic mass is 32.2. The fourth-order valence-electron chi connectivity index (χ4n) is 2.92. The minimum Gasteiger partial charge on any atom is -0.497 e. The van der Waals surface area contributed by atoms with Gasteiger partial charge in [-0.05, 0) is 57.8 Å². The summed E-state index contributed by atoms with van der Waals surface area (Å²) >= 11 is 5.59. The largest absolute Gasteiger partial charge is 0.497 e. The maximum absolute atomic E-state index is 11.9. The number of nitrogens with one attached hydrogen (secondary N) is 1. The molecular weight excluding hydrogens is 358 g/mol. The topological polar surface area (TPSA) is 61.9 Å². The third kappa shape index (κ3) is 6.13. The molecule has 2 rings (SSSR count). The molecule has 1 saturated heterocycles. The average Bonchev–Trinajstić information content (AvgIpc) is 2.91. The molecule has 0 aliphatic carbocycles. The Kier molecular flexibility index (Phi) is 7.04. The molecule has 0 bridgehead atoms. The molecule has 1 aliphatic rings. The van der Waals surface area contributed by atoms with Gasteiger partial charge in [-0.25, -0.2) is 8.42 Å². The molecule has 1 aromatic carbocycles. The average molecular weight is 386 g/mol. The van der Waals surface area contributed by atoms with Crippen LogP contribution in [0.3, 0.4) is 0 Å². The van der Waals surface area contributed by atoms with Crippen LogP contribution in [0.4, 0.5) is 5.69 Å². The van der Waals surface area contributed by atoms with Crippen molar-refractivity contribution >= 4 is 32.9 Å². The number of hydrogen-bond acceptors (Lipinski definition) is 5. The number of sulfone groups is 1. The summed E-state index contributed by atoms with van der Waals surface area (Å²) in [6, 6.07) is 7.48. The van der Waals surface area contributed by atoms with Gasteiger partial charge >= 0.3 is 0 Å². The maximum atomic E-state index is 11.9. The Hall–Kier alpha value is -1.38. The SMILES string of the molecule is COc1cccc(NC(=S)N(CCCN(C)C)[C@H]2CCS(=O)(=O)C2)c1. The molecule has 0 unspecified atom stereocenters. The van der Waals surface area contributed by atoms with Gasteiger partial charge in [-0.15, -0.1) is 0 Å². The lowest BCUT2D eigenvalue weighted by molar-refractivity contribution is 0.306. The molecule has 1 aromatic rings. The first-order valence-electron chi connectivity index (χ1n) is 8.37. The monoisotopic (exact) mass is 385 g/mol. The smallest absolute Gasteiger partial charge is 0.173 e. The van der Waals surface area contributed by atoms with E-state index in [4.69, 9.17) is 17.0 Å². The number of ether oxygens (including phenoxy) is 1. The zero-order valence-corrected chi connectivity index (χ0v) is 16.7. The van der Waals surface area contributed by atoms with Gasteiger partial charge in [0.15, 0.2) is 14.9 Å². The summed E-state index contributed by atoms with van der Waals surface area (Å²) in [6.07, 6.45) is 1.55. The molecular formula is C17H27N3O3S2. The molecule has 6 nitrogen and oxygen atoms in total. The minimum atomic E-state index is -2.96. The normalized spacial score (nSPS) is 19.0. The van der Waals surface area contributed by atoms with E-state index in [-0.39, 0.29) is 17.5 Å². The van der Waals surface area contributed by atoms with Crippen LogP contribution in [0, 0.1) is 0 Å². The Morgan fingerprint density at radius 1 is 1.36 bits per heavy atom. The molecule has 0 saturated carbocycles. The van der Waals surface area contributed by atoms with Crippen molar-refractivity contribution in [1.29, 1.82) is 0 Å². The first kappa shape index (κ1) is 19.9. The summed E-state index contributed by atoms with van der Waals surface area (Å²) in [6.45, 7) is 1.66. The fourth-order valence-corrected chi connectivity index (χ4v) is 5.01. The number of hydrogen-bond donors (Lipinski definition) is 1. The van der Waals surface area contributed by atoms with Gasteiger partial charge in [0, 0.05) is 24.3 Å². The van der Waals surface area contributed by atoms with Crippen molar-refractivity contribution in [3.63, 3.8) is 0 Å². The molecule has 0 spiro atoms. The summed E-state index contributed by atoms with van der Waals surface area (Å²) in [7, 11) is 2.71. The van der Waals surface area contributed by atoms with Crippen LogP contribution in [0.1, 0.15) is 12.8 Å². The molecule has 0 aromatic heterocycles. The molecule has 0 amide bonds. The zero-order chi connectivity index (χ0) is 18.4. The summed E-state index contributed by atoms with van der Waals surface area (Å²) in [4.78, 5) is 4.14. The standard InChI is InChI=1S/C17H27N3O3S2/c1-19(2)9-5-10-20(15-8-11-25(21,22)13-15)17(24)18-14-6-4-7-16(12-14)23-3/h4,6-7,12,15H,5,8-11,13H2,1-3H3,(H,18,24)/t15-/m0/s1. The molecule has 8 heteroatoms. The number of rotatable bonds is 7. The fraction of sp³-hybridized carbons (Fsp3) is 0.588. The lowest BCUT2D eigenvalue weighted by Crippen LogP contribution is -2.44. The summed E-state index contributed by atoms with van der Waals surface area (Å²) in [5.41, 5.74) is 0.836. The minimum absolute atomic E-state index is 0.0576. The number of nitrogens with zero attached hydrogens (tertiary/aromatic N) is 2. The van der Waals surface area contributed by atoms with Crippen LogP contribution in [-0.2, 0) is 9.84 Å². The van der Waals surface area contributed by atoms with Crippen molar-refractivity contribution < 1.29 is 13.2 Å². The highest BCUT2D eigenvalue weighted by Crippen LogP contribution is 2.21. The quantitative estimate of drug-likeness (QED) is 0.719. The van der Waals surface area contributed by atoms with Crippen LogP contribution < -0.4 is 10.1 Å². The van der Waals surface area contributed by atoms with Gasteiger partial charge in [0.05, 0.1) is 18.6 Å². The van der Waals surface area contributed by atoms with Crippen molar-refractivity contribution in [3.8, 4) is 5.75 Å². The third-order valence-electron chi connectivity index (χ3n) is 4.24. The molecule has 0 radical (unpaired) electrons. The second-order valence-corrected chi connectivity index (χ2v) is 9.18. The van der Waals surface area contributed by atoms with Gasteiger partial charge in [-0.3, -0.25) is 0 Å². The van der Waals surface area contributed by atoms with Crippen molar-refractivity contribution in [2.24, 2.45) is 0 Å². The Labute approximate surface area is 156 Å². The first-order chi connectivity index (χ1) is 11.8. The Balaban J connectivity index is 2.08. The third-order valence-corrected chi connectivity index (χ3v) is 6.32. The maximum Gasteiger partial charge on any atom is 0.173 e. The van der Waals surface area contributed by atoms with Crippen molar-refractivity contribution in [2.45, 2.75) is 18.9 Å². The Morgan fingerprint density at radius 3 is 2.72 bits per heavy atom. The molecule has 140 valence electrons. The van der Waals surface area contributed by atoms with Gasteiger partial charge in [0.2, 0.25) is 0 Å². The van der Waals surface area contributed by atoms with Gasteiger partial charge in [-0.1, -0.05) is 6.07 Å². The Morgan fingerprint density at radius 2 is 2.12 bits per heavy atom. The predicted octanol–water partition coefficient (Wildman–Crippen LogP) is 1.83. The van der Waals surface area contributed by atoms with Gasteiger partial charge in [-0.2, -0.15) is 0 Å². The lowest BCUT2D eigenvalue weighted by Gasteiger charge is -2.31. The van der Waals surface area contributed by atoms with E-state index in [1.165, 1.54) is 0 Å². The van der Waals surface area contributed by atoms with Crippen LogP contribution in [0.2, 0.25) is 0 Å². The van der Waals surface area contributed by atoms with Crippen LogP contribution in [0.15, 0.2) is 24.3 Å². The van der Waals surface area contributed by atoms with Crippen molar-refractivity contribution in [3.05, 3.63) is 24.3 Å². The van der Waals surface area contributed by atoms with Gasteiger partial charge in [0.1, 0.15) is 5.75 Å². The summed E-state index contributed by atoms with van der Waals surface area (Å²) in [5, 5.41) is 3.79. The number of anilines is 1. The first-order valence-corrected chi connectivity index (χ1v) is 10.6. The second kappa shape index (κ2) is 8.82. The number of thiocarbonyl (C=S) groups is 1. The zero-order valence-electron chi connectivity index (χ0n) is 15.1. The van der Waals surface area contributed by atoms with E-state index < -0.39 is 9.84 Å². The van der Waals surface area contributed by atoms with E-state index in [0.29, 0.717) is 11.5 Å². The summed E-state index contributed by atoms with van der Waals surface area (Å²) < 4.78 is 29.0. The molecule has 25 heavy (non-hydrogen) atoms. The second-order valence-electron chi connectivity index (χ2n) is 6.57. The van der Waals surface area contributed by atoms with Crippen LogP contribution in [0.5, 0.6) is 5.75 Å². The molecule has 1 aliphatic heterocycles. The van der Waals surface area contributed by atoms with E-state index in [1.54, 1.807) is 7.11 Å². The lowest BCUT2D eigenvalue weighted by atomic mass is 10.2. The van der Waals surface area contributed by atoms with Crippen LogP contribution in [-0.4, -0.2) is 75.2 Å². The van der Waals surface area contributed by atoms with E-state index in [2.05, 4.69) is 10.2 Å². The van der Waals surface area contributed by atoms with Crippen LogP contribution >= 0.6 is 12.2 Å². The predicted molar refractivity (Wildman–Crippen MR) is 106 cm³/mol. The molecule has 1 heterocycles. The van der Waals surface area contributed by atoms with E-state index >= 15 is 0 Å². The number of methoxy groups -OCH3 is 1. The van der Waals surface area contributed by atoms with Gasteiger partial charge in [0.25, 0.3) is 0 Å². The van der Waals surface area contributed by atoms with E-state index in [0.717, 1.165) is 30.9 Å². The van der Waals surface area contributed by atoms with E-state index in [9.17, 15) is 8.42 Å². The molecule has 1 fully saturated rings. The molecule has 1 N–H and O–H groups in total. The van der Waals surface area contributed by atoms with Crippen LogP contribution in [0.25, 0.3) is 0 Å². The molecule has 1 atom stereocenters. The van der Waals surface area contributed by atoms with E-state index in [1.807, 2.05) is 43.3 Å². The Bertz CT molecular complexity index is 692. The van der Waals surface area contributed by atoms with Gasteiger partial charge < -0.3 is 19.9 Å². The highest BCUT2D eigenvalue weighted by Gasteiger charge is 2.33. The highest BCUT2D eigenvalue weighted by molar-refractivity contribution is 7.91. The number of benzene rings is 1.